The highest BCUT2D eigenvalue weighted by Crippen LogP contribution is 2.46. The number of hydrogen-bond acceptors (Lipinski definition) is 9. The molecule has 0 amide bonds. The van der Waals surface area contributed by atoms with Gasteiger partial charge in [-0.05, 0) is 38.9 Å². The number of ether oxygens (including phenoxy) is 1. The molecule has 4 atom stereocenters. The number of fused-ring (bicyclic) bond motifs is 3. The molecule has 168 valence electrons. The van der Waals surface area contributed by atoms with Crippen molar-refractivity contribution < 1.29 is 14.2 Å². The zero-order chi connectivity index (χ0) is 22.6. The van der Waals surface area contributed by atoms with Crippen LogP contribution in [0.3, 0.4) is 0 Å². The summed E-state index contributed by atoms with van der Waals surface area (Å²) in [4.78, 5) is 21.8. The molecule has 11 heteroatoms. The van der Waals surface area contributed by atoms with Crippen molar-refractivity contribution in [2.24, 2.45) is 13.0 Å². The van der Waals surface area contributed by atoms with Crippen molar-refractivity contribution in [3.63, 3.8) is 0 Å². The molecule has 1 saturated carbocycles. The van der Waals surface area contributed by atoms with E-state index in [1.807, 2.05) is 14.0 Å². The van der Waals surface area contributed by atoms with Crippen LogP contribution in [0.1, 0.15) is 19.8 Å². The van der Waals surface area contributed by atoms with Gasteiger partial charge in [-0.15, -0.1) is 5.10 Å². The van der Waals surface area contributed by atoms with Crippen molar-refractivity contribution >= 4 is 11.3 Å². The first kappa shape index (κ1) is 21.0. The minimum absolute atomic E-state index is 0.0521. The lowest BCUT2D eigenvalue weighted by atomic mass is 9.68. The van der Waals surface area contributed by atoms with Crippen LogP contribution in [0.5, 0.6) is 10.9 Å². The van der Waals surface area contributed by atoms with Gasteiger partial charge in [0.2, 0.25) is 0 Å². The second-order valence-corrected chi connectivity index (χ2v) is 9.64. The normalized spacial score (nSPS) is 27.6. The topological polar surface area (TPSA) is 106 Å². The standard InChI is InChI=1S/C21H23FN6O3S/c1-21-7-6-12(9-28(21)3)15(16(21)22)31-20-26-25-18(32-20)13-5-4-11(8-14(13)29)17-23-10-27(2)19(30)24-17/h4-5,8,10,12,15-16,29H,6-7,9H2,1-3H3/t12-,15?,16?,21-/m1/s1. The van der Waals surface area contributed by atoms with Crippen molar-refractivity contribution in [1.82, 2.24) is 29.6 Å². The number of rotatable bonds is 4. The number of aromatic hydroxyl groups is 1. The minimum Gasteiger partial charge on any atom is -0.507 e. The van der Waals surface area contributed by atoms with Gasteiger partial charge in [-0.2, -0.15) is 4.98 Å². The summed E-state index contributed by atoms with van der Waals surface area (Å²) in [6.45, 7) is 2.74. The first-order valence-electron chi connectivity index (χ1n) is 10.3. The van der Waals surface area contributed by atoms with Crippen LogP contribution in [0.15, 0.2) is 29.3 Å². The van der Waals surface area contributed by atoms with E-state index in [2.05, 4.69) is 25.1 Å². The number of hydrogen-bond donors (Lipinski definition) is 1. The van der Waals surface area contributed by atoms with Crippen LogP contribution in [0.4, 0.5) is 4.39 Å². The number of aromatic nitrogens is 5. The van der Waals surface area contributed by atoms with Crippen molar-refractivity contribution in [2.45, 2.75) is 37.6 Å². The van der Waals surface area contributed by atoms with Crippen molar-refractivity contribution in [1.29, 1.82) is 0 Å². The molecule has 2 aliphatic heterocycles. The third-order valence-corrected chi connectivity index (χ3v) is 7.58. The maximum absolute atomic E-state index is 15.2. The number of nitrogens with zero attached hydrogens (tertiary/aromatic N) is 6. The Bertz CT molecular complexity index is 1230. The molecular formula is C21H23FN6O3S. The Hall–Kier alpha value is -2.92. The highest BCUT2D eigenvalue weighted by molar-refractivity contribution is 7.16. The van der Waals surface area contributed by atoms with Crippen LogP contribution < -0.4 is 10.4 Å². The average Bonchev–Trinajstić information content (AvgIpc) is 3.22. The SMILES string of the molecule is CN1C[C@H]2CC[C@]1(C)C(F)C2Oc1nnc(-c2ccc(-c3ncn(C)c(=O)n3)cc2O)s1. The lowest BCUT2D eigenvalue weighted by molar-refractivity contribution is -0.135. The third-order valence-electron chi connectivity index (χ3n) is 6.74. The van der Waals surface area contributed by atoms with E-state index in [1.54, 1.807) is 19.2 Å². The number of phenolic OH excluding ortho intramolecular Hbond substituents is 1. The highest BCUT2D eigenvalue weighted by atomic mass is 32.1. The Morgan fingerprint density at radius 3 is 2.84 bits per heavy atom. The minimum atomic E-state index is -1.11. The quantitative estimate of drug-likeness (QED) is 0.635. The van der Waals surface area contributed by atoms with Gasteiger partial charge in [0.1, 0.15) is 18.2 Å². The zero-order valence-corrected chi connectivity index (χ0v) is 18.7. The lowest BCUT2D eigenvalue weighted by Gasteiger charge is -2.56. The zero-order valence-electron chi connectivity index (χ0n) is 17.9. The molecule has 3 fully saturated rings. The Kier molecular flexibility index (Phi) is 4.97. The molecule has 3 aromatic rings. The fraction of sp³-hybridized carbons (Fsp3) is 0.476. The van der Waals surface area contributed by atoms with Crippen LogP contribution in [-0.4, -0.2) is 66.1 Å². The Balaban J connectivity index is 1.37. The van der Waals surface area contributed by atoms with E-state index in [1.165, 1.54) is 17.0 Å². The predicted molar refractivity (Wildman–Crippen MR) is 116 cm³/mol. The van der Waals surface area contributed by atoms with Gasteiger partial charge in [-0.25, -0.2) is 14.2 Å². The van der Waals surface area contributed by atoms with Gasteiger partial charge in [0.25, 0.3) is 5.19 Å². The molecule has 2 unspecified atom stereocenters. The first-order chi connectivity index (χ1) is 15.3. The summed E-state index contributed by atoms with van der Waals surface area (Å²) in [6.07, 6.45) is 1.44. The molecule has 1 aromatic carbocycles. The second-order valence-electron chi connectivity index (χ2n) is 8.70. The first-order valence-corrected chi connectivity index (χ1v) is 11.2. The molecule has 4 heterocycles. The third kappa shape index (κ3) is 3.36. The molecule has 32 heavy (non-hydrogen) atoms. The monoisotopic (exact) mass is 458 g/mol. The van der Waals surface area contributed by atoms with Crippen molar-refractivity contribution in [3.8, 4) is 32.9 Å². The van der Waals surface area contributed by atoms with Gasteiger partial charge >= 0.3 is 5.69 Å². The van der Waals surface area contributed by atoms with Crippen LogP contribution in [0, 0.1) is 5.92 Å². The molecule has 0 radical (unpaired) electrons. The van der Waals surface area contributed by atoms with Crippen LogP contribution in [-0.2, 0) is 7.05 Å². The largest absolute Gasteiger partial charge is 0.507 e. The summed E-state index contributed by atoms with van der Waals surface area (Å²) in [6, 6.07) is 4.83. The van der Waals surface area contributed by atoms with Gasteiger partial charge in [-0.1, -0.05) is 22.5 Å². The van der Waals surface area contributed by atoms with Gasteiger partial charge in [-0.3, -0.25) is 9.47 Å². The maximum atomic E-state index is 15.2. The smallest absolute Gasteiger partial charge is 0.350 e. The molecule has 9 nitrogen and oxygen atoms in total. The number of alkyl halides is 1. The summed E-state index contributed by atoms with van der Waals surface area (Å²) in [5.74, 6) is 0.273. The van der Waals surface area contributed by atoms with Gasteiger partial charge in [0.15, 0.2) is 17.0 Å². The molecule has 1 N–H and O–H groups in total. The lowest BCUT2D eigenvalue weighted by Crippen LogP contribution is -2.68. The fourth-order valence-electron chi connectivity index (χ4n) is 4.55. The molecule has 2 saturated heterocycles. The van der Waals surface area contributed by atoms with E-state index < -0.39 is 23.5 Å². The van der Waals surface area contributed by atoms with Crippen molar-refractivity contribution in [3.05, 3.63) is 35.0 Å². The number of halogens is 1. The van der Waals surface area contributed by atoms with E-state index >= 15 is 4.39 Å². The molecule has 2 aromatic heterocycles. The van der Waals surface area contributed by atoms with E-state index in [4.69, 9.17) is 4.74 Å². The van der Waals surface area contributed by atoms with E-state index in [9.17, 15) is 9.90 Å². The van der Waals surface area contributed by atoms with Gasteiger partial charge in [0, 0.05) is 25.1 Å². The number of benzene rings is 1. The predicted octanol–water partition coefficient (Wildman–Crippen LogP) is 2.27. The number of phenols is 1. The second kappa shape index (κ2) is 7.59. The Morgan fingerprint density at radius 2 is 2.12 bits per heavy atom. The van der Waals surface area contributed by atoms with E-state index in [0.717, 1.165) is 30.7 Å². The van der Waals surface area contributed by atoms with Crippen LogP contribution >= 0.6 is 11.3 Å². The van der Waals surface area contributed by atoms with E-state index in [-0.39, 0.29) is 22.7 Å². The summed E-state index contributed by atoms with van der Waals surface area (Å²) >= 11 is 1.16. The van der Waals surface area contributed by atoms with Gasteiger partial charge < -0.3 is 9.84 Å². The maximum Gasteiger partial charge on any atom is 0.350 e. The molecule has 6 rings (SSSR count). The molecule has 1 aliphatic carbocycles. The molecule has 0 spiro atoms. The molecule has 2 bridgehead atoms. The van der Waals surface area contributed by atoms with Crippen LogP contribution in [0.25, 0.3) is 22.0 Å². The summed E-state index contributed by atoms with van der Waals surface area (Å²) in [7, 11) is 3.52. The molecule has 3 aliphatic rings. The highest BCUT2D eigenvalue weighted by Gasteiger charge is 2.56. The number of aryl methyl sites for hydroxylation is 1. The van der Waals surface area contributed by atoms with Crippen LogP contribution in [0.2, 0.25) is 0 Å². The van der Waals surface area contributed by atoms with E-state index in [0.29, 0.717) is 16.1 Å². The number of piperidine rings is 2. The summed E-state index contributed by atoms with van der Waals surface area (Å²) in [5.41, 5.74) is -0.00633. The Morgan fingerprint density at radius 1 is 1.31 bits per heavy atom. The van der Waals surface area contributed by atoms with Gasteiger partial charge in [0.05, 0.1) is 11.1 Å². The average molecular weight is 459 g/mol. The summed E-state index contributed by atoms with van der Waals surface area (Å²) in [5, 5.41) is 19.5. The fourth-order valence-corrected chi connectivity index (χ4v) is 5.32. The Labute approximate surface area is 187 Å². The van der Waals surface area contributed by atoms with Crippen molar-refractivity contribution in [2.75, 3.05) is 13.6 Å². The molecular weight excluding hydrogens is 435 g/mol. The summed E-state index contributed by atoms with van der Waals surface area (Å²) < 4.78 is 22.5.